The van der Waals surface area contributed by atoms with Gasteiger partial charge in [0.1, 0.15) is 5.54 Å². The van der Waals surface area contributed by atoms with Gasteiger partial charge in [-0.3, -0.25) is 19.4 Å². The number of likely N-dealkylation sites (N-methyl/N-ethyl adjacent to an activating group) is 1. The molecular weight excluding hydrogens is 388 g/mol. The number of carbonyl (C=O) groups is 3. The highest BCUT2D eigenvalue weighted by Gasteiger charge is 2.51. The molecule has 3 aliphatic heterocycles. The van der Waals surface area contributed by atoms with Crippen LogP contribution in [0.4, 0.5) is 4.79 Å². The lowest BCUT2D eigenvalue weighted by atomic mass is 9.87. The normalized spacial score (nSPS) is 20.9. The maximum atomic E-state index is 12.9. The predicted octanol–water partition coefficient (Wildman–Crippen LogP) is 0.605. The van der Waals surface area contributed by atoms with Crippen molar-refractivity contribution in [1.29, 1.82) is 0 Å². The summed E-state index contributed by atoms with van der Waals surface area (Å²) < 4.78 is 10.8. The standard InChI is InChI=1S/C21H28N4O5/c1-23-19(27)21(22-20(23)28)5-8-25(9-6-21)18(26)13-24-7-4-14-10-16(29-2)17(30-3)11-15(14)12-24/h10-11H,4-9,12-13H2,1-3H3,(H,22,28). The van der Waals surface area contributed by atoms with Gasteiger partial charge in [-0.15, -0.1) is 0 Å². The van der Waals surface area contributed by atoms with Crippen molar-refractivity contribution in [3.63, 3.8) is 0 Å². The number of piperidine rings is 1. The van der Waals surface area contributed by atoms with Crippen LogP contribution in [0.5, 0.6) is 11.5 Å². The Hall–Kier alpha value is -2.81. The Morgan fingerprint density at radius 1 is 1.07 bits per heavy atom. The van der Waals surface area contributed by atoms with E-state index < -0.39 is 5.54 Å². The van der Waals surface area contributed by atoms with Crippen LogP contribution in [0, 0.1) is 0 Å². The molecule has 0 saturated carbocycles. The summed E-state index contributed by atoms with van der Waals surface area (Å²) in [5, 5.41) is 2.81. The second kappa shape index (κ2) is 7.79. The van der Waals surface area contributed by atoms with Crippen LogP contribution in [0.3, 0.4) is 0 Å². The molecule has 30 heavy (non-hydrogen) atoms. The molecule has 0 unspecified atom stereocenters. The van der Waals surface area contributed by atoms with Gasteiger partial charge in [0, 0.05) is 33.2 Å². The molecule has 4 rings (SSSR count). The van der Waals surface area contributed by atoms with Gasteiger partial charge in [-0.25, -0.2) is 4.79 Å². The molecule has 3 aliphatic rings. The van der Waals surface area contributed by atoms with E-state index in [2.05, 4.69) is 10.2 Å². The molecule has 1 N–H and O–H groups in total. The number of fused-ring (bicyclic) bond motifs is 1. The van der Waals surface area contributed by atoms with Crippen molar-refractivity contribution in [3.8, 4) is 11.5 Å². The highest BCUT2D eigenvalue weighted by Crippen LogP contribution is 2.33. The fourth-order valence-electron chi connectivity index (χ4n) is 4.60. The Bertz CT molecular complexity index is 878. The number of amides is 4. The van der Waals surface area contributed by atoms with Gasteiger partial charge in [0.15, 0.2) is 11.5 Å². The van der Waals surface area contributed by atoms with Crippen LogP contribution in [-0.4, -0.2) is 85.5 Å². The number of hydrogen-bond donors (Lipinski definition) is 1. The summed E-state index contributed by atoms with van der Waals surface area (Å²) in [5.74, 6) is 1.27. The zero-order valence-electron chi connectivity index (χ0n) is 17.7. The number of urea groups is 1. The number of nitrogens with one attached hydrogen (secondary N) is 1. The van der Waals surface area contributed by atoms with E-state index in [-0.39, 0.29) is 17.8 Å². The molecule has 3 heterocycles. The highest BCUT2D eigenvalue weighted by molar-refractivity contribution is 6.06. The summed E-state index contributed by atoms with van der Waals surface area (Å²) >= 11 is 0. The molecule has 1 spiro atoms. The molecule has 2 fully saturated rings. The predicted molar refractivity (Wildman–Crippen MR) is 108 cm³/mol. The van der Waals surface area contributed by atoms with Crippen molar-refractivity contribution in [2.45, 2.75) is 31.3 Å². The van der Waals surface area contributed by atoms with Crippen molar-refractivity contribution in [1.82, 2.24) is 20.0 Å². The van der Waals surface area contributed by atoms with Gasteiger partial charge in [0.2, 0.25) is 5.91 Å². The first kappa shape index (κ1) is 20.5. The average Bonchev–Trinajstić information content (AvgIpc) is 2.96. The second-order valence-corrected chi connectivity index (χ2v) is 8.19. The number of carbonyl (C=O) groups excluding carboxylic acids is 3. The third-order valence-electron chi connectivity index (χ3n) is 6.49. The van der Waals surface area contributed by atoms with E-state index in [0.29, 0.717) is 44.8 Å². The van der Waals surface area contributed by atoms with Crippen LogP contribution in [0.2, 0.25) is 0 Å². The quantitative estimate of drug-likeness (QED) is 0.723. The molecule has 0 atom stereocenters. The molecule has 2 saturated heterocycles. The molecule has 1 aromatic carbocycles. The molecule has 0 radical (unpaired) electrons. The van der Waals surface area contributed by atoms with Gasteiger partial charge >= 0.3 is 6.03 Å². The maximum absolute atomic E-state index is 12.9. The molecular formula is C21H28N4O5. The summed E-state index contributed by atoms with van der Waals surface area (Å²) in [7, 11) is 4.73. The third kappa shape index (κ3) is 3.47. The van der Waals surface area contributed by atoms with Crippen LogP contribution >= 0.6 is 0 Å². The average molecular weight is 416 g/mol. The first-order chi connectivity index (χ1) is 14.4. The van der Waals surface area contributed by atoms with Crippen LogP contribution in [0.1, 0.15) is 24.0 Å². The number of imide groups is 1. The number of benzene rings is 1. The Morgan fingerprint density at radius 2 is 1.70 bits per heavy atom. The molecule has 9 nitrogen and oxygen atoms in total. The van der Waals surface area contributed by atoms with E-state index in [0.717, 1.165) is 29.2 Å². The Labute approximate surface area is 175 Å². The van der Waals surface area contributed by atoms with E-state index in [1.165, 1.54) is 12.6 Å². The Morgan fingerprint density at radius 3 is 2.27 bits per heavy atom. The highest BCUT2D eigenvalue weighted by atomic mass is 16.5. The molecule has 1 aromatic rings. The molecule has 0 aliphatic carbocycles. The summed E-state index contributed by atoms with van der Waals surface area (Å²) in [5.41, 5.74) is 1.52. The largest absolute Gasteiger partial charge is 0.493 e. The van der Waals surface area contributed by atoms with E-state index in [1.807, 2.05) is 12.1 Å². The minimum atomic E-state index is -0.845. The van der Waals surface area contributed by atoms with E-state index in [9.17, 15) is 14.4 Å². The monoisotopic (exact) mass is 416 g/mol. The van der Waals surface area contributed by atoms with Crippen molar-refractivity contribution >= 4 is 17.8 Å². The number of rotatable bonds is 4. The first-order valence-electron chi connectivity index (χ1n) is 10.2. The van der Waals surface area contributed by atoms with E-state index in [1.54, 1.807) is 19.1 Å². The number of methoxy groups -OCH3 is 2. The van der Waals surface area contributed by atoms with Crippen LogP contribution < -0.4 is 14.8 Å². The fourth-order valence-corrected chi connectivity index (χ4v) is 4.60. The van der Waals surface area contributed by atoms with Gasteiger partial charge in [-0.2, -0.15) is 0 Å². The summed E-state index contributed by atoms with van der Waals surface area (Å²) in [4.78, 5) is 42.2. The van der Waals surface area contributed by atoms with Crippen LogP contribution in [-0.2, 0) is 22.6 Å². The smallest absolute Gasteiger partial charge is 0.324 e. The topological polar surface area (TPSA) is 91.4 Å². The van der Waals surface area contributed by atoms with Crippen LogP contribution in [0.25, 0.3) is 0 Å². The van der Waals surface area contributed by atoms with Gasteiger partial charge in [0.05, 0.1) is 20.8 Å². The molecule has 0 bridgehead atoms. The first-order valence-corrected chi connectivity index (χ1v) is 10.2. The Balaban J connectivity index is 1.36. The zero-order valence-corrected chi connectivity index (χ0v) is 17.7. The fraction of sp³-hybridized carbons (Fsp3) is 0.571. The number of ether oxygens (including phenoxy) is 2. The second-order valence-electron chi connectivity index (χ2n) is 8.19. The number of likely N-dealkylation sites (tertiary alicyclic amines) is 1. The van der Waals surface area contributed by atoms with Gasteiger partial charge in [-0.05, 0) is 42.5 Å². The molecule has 0 aromatic heterocycles. The minimum absolute atomic E-state index is 0.0545. The maximum Gasteiger partial charge on any atom is 0.324 e. The zero-order chi connectivity index (χ0) is 21.5. The molecule has 162 valence electrons. The van der Waals surface area contributed by atoms with Crippen LogP contribution in [0.15, 0.2) is 12.1 Å². The lowest BCUT2D eigenvalue weighted by molar-refractivity contribution is -0.138. The molecule has 9 heteroatoms. The van der Waals surface area contributed by atoms with Crippen molar-refractivity contribution in [3.05, 3.63) is 23.3 Å². The third-order valence-corrected chi connectivity index (χ3v) is 6.49. The number of hydrogen-bond acceptors (Lipinski definition) is 6. The van der Waals surface area contributed by atoms with Crippen molar-refractivity contribution in [2.75, 3.05) is 47.4 Å². The number of nitrogens with zero attached hydrogens (tertiary/aromatic N) is 3. The lowest BCUT2D eigenvalue weighted by Gasteiger charge is -2.38. The SMILES string of the molecule is COc1cc2c(cc1OC)CN(CC(=O)N1CCC3(CC1)NC(=O)N(C)C3=O)CC2. The van der Waals surface area contributed by atoms with Crippen molar-refractivity contribution < 1.29 is 23.9 Å². The van der Waals surface area contributed by atoms with Gasteiger partial charge < -0.3 is 19.7 Å². The summed E-state index contributed by atoms with van der Waals surface area (Å²) in [6.07, 6.45) is 1.75. The Kier molecular flexibility index (Phi) is 5.31. The van der Waals surface area contributed by atoms with Gasteiger partial charge in [-0.1, -0.05) is 0 Å². The minimum Gasteiger partial charge on any atom is -0.493 e. The van der Waals surface area contributed by atoms with Gasteiger partial charge in [0.25, 0.3) is 5.91 Å². The molecule has 4 amide bonds. The lowest BCUT2D eigenvalue weighted by Crippen LogP contribution is -2.56. The van der Waals surface area contributed by atoms with E-state index in [4.69, 9.17) is 9.47 Å². The van der Waals surface area contributed by atoms with E-state index >= 15 is 0 Å². The summed E-state index contributed by atoms with van der Waals surface area (Å²) in [6.45, 7) is 2.74. The van der Waals surface area contributed by atoms with Crippen molar-refractivity contribution in [2.24, 2.45) is 0 Å². The summed E-state index contributed by atoms with van der Waals surface area (Å²) in [6, 6.07) is 3.64.